The molecule has 1 amide bonds. The molecule has 0 saturated heterocycles. The van der Waals surface area contributed by atoms with Gasteiger partial charge >= 0.3 is 5.51 Å². The van der Waals surface area contributed by atoms with Gasteiger partial charge < -0.3 is 4.90 Å². The zero-order chi connectivity index (χ0) is 16.9. The first-order chi connectivity index (χ1) is 10.9. The van der Waals surface area contributed by atoms with E-state index in [4.69, 9.17) is 0 Å². The molecule has 2 rings (SSSR count). The third-order valence-electron chi connectivity index (χ3n) is 3.05. The minimum atomic E-state index is -4.49. The van der Waals surface area contributed by atoms with Gasteiger partial charge in [-0.25, -0.2) is 4.98 Å². The summed E-state index contributed by atoms with van der Waals surface area (Å²) in [4.78, 5) is 21.3. The average Bonchev–Trinajstić information content (AvgIpc) is 2.52. The molecule has 8 heteroatoms. The number of hydrogen-bond donors (Lipinski definition) is 0. The van der Waals surface area contributed by atoms with E-state index >= 15 is 0 Å². The third kappa shape index (κ3) is 5.24. The molecule has 0 aliphatic heterocycles. The Morgan fingerprint density at radius 2 is 1.91 bits per heavy atom. The van der Waals surface area contributed by atoms with E-state index in [1.807, 2.05) is 12.1 Å². The van der Waals surface area contributed by atoms with Crippen molar-refractivity contribution in [1.29, 1.82) is 0 Å². The summed E-state index contributed by atoms with van der Waals surface area (Å²) in [6.07, 6.45) is 5.13. The molecule has 2 aromatic heterocycles. The highest BCUT2D eigenvalue weighted by Crippen LogP contribution is 2.37. The Bertz CT molecular complexity index is 665. The summed E-state index contributed by atoms with van der Waals surface area (Å²) in [7, 11) is 1.55. The van der Waals surface area contributed by atoms with Crippen LogP contribution in [0.4, 0.5) is 13.2 Å². The number of nitrogens with zero attached hydrogens (tertiary/aromatic N) is 3. The molecule has 0 unspecified atom stereocenters. The molecule has 0 spiro atoms. The van der Waals surface area contributed by atoms with Crippen LogP contribution in [0.25, 0.3) is 0 Å². The molecule has 0 aromatic carbocycles. The van der Waals surface area contributed by atoms with E-state index in [2.05, 4.69) is 9.97 Å². The molecule has 4 nitrogen and oxygen atoms in total. The minimum Gasteiger partial charge on any atom is -0.341 e. The van der Waals surface area contributed by atoms with Gasteiger partial charge in [0.2, 0.25) is 0 Å². The van der Waals surface area contributed by atoms with E-state index in [0.29, 0.717) is 13.0 Å². The van der Waals surface area contributed by atoms with Gasteiger partial charge in [0.25, 0.3) is 5.91 Å². The average molecular weight is 341 g/mol. The van der Waals surface area contributed by atoms with Crippen molar-refractivity contribution in [2.75, 3.05) is 13.6 Å². The molecule has 0 radical (unpaired) electrons. The predicted molar refractivity (Wildman–Crippen MR) is 81.1 cm³/mol. The zero-order valence-corrected chi connectivity index (χ0v) is 13.1. The molecule has 2 aromatic rings. The summed E-state index contributed by atoms with van der Waals surface area (Å²) in [6.45, 7) is 0.383. The fourth-order valence-electron chi connectivity index (χ4n) is 1.90. The van der Waals surface area contributed by atoms with Crippen LogP contribution < -0.4 is 0 Å². The first-order valence-corrected chi connectivity index (χ1v) is 7.53. The highest BCUT2D eigenvalue weighted by atomic mass is 32.2. The second-order valence-corrected chi connectivity index (χ2v) is 5.79. The van der Waals surface area contributed by atoms with Crippen LogP contribution in [0, 0.1) is 0 Å². The van der Waals surface area contributed by atoms with Crippen LogP contribution in [-0.4, -0.2) is 39.9 Å². The van der Waals surface area contributed by atoms with Gasteiger partial charge in [0.15, 0.2) is 0 Å². The summed E-state index contributed by atoms with van der Waals surface area (Å²) in [5.74, 6) is -0.487. The van der Waals surface area contributed by atoms with Crippen molar-refractivity contribution in [3.8, 4) is 0 Å². The summed E-state index contributed by atoms with van der Waals surface area (Å²) >= 11 is -0.379. The molecule has 122 valence electrons. The zero-order valence-electron chi connectivity index (χ0n) is 12.2. The van der Waals surface area contributed by atoms with Crippen LogP contribution in [0.2, 0.25) is 0 Å². The summed E-state index contributed by atoms with van der Waals surface area (Å²) in [5.41, 5.74) is -3.54. The van der Waals surface area contributed by atoms with Crippen LogP contribution >= 0.6 is 11.8 Å². The molecular weight excluding hydrogens is 327 g/mol. The van der Waals surface area contributed by atoms with Gasteiger partial charge in [-0.2, -0.15) is 13.2 Å². The molecule has 0 atom stereocenters. The van der Waals surface area contributed by atoms with Crippen LogP contribution in [-0.2, 0) is 6.42 Å². The molecule has 0 N–H and O–H groups in total. The number of aromatic nitrogens is 2. The molecule has 0 bridgehead atoms. The summed E-state index contributed by atoms with van der Waals surface area (Å²) < 4.78 is 37.6. The number of amides is 1. The van der Waals surface area contributed by atoms with E-state index in [0.717, 1.165) is 5.56 Å². The van der Waals surface area contributed by atoms with Crippen LogP contribution in [0.5, 0.6) is 0 Å². The SMILES string of the molecule is CN(CCc1ccncc1)C(=O)c1cccnc1SC(F)(F)F. The number of hydrogen-bond acceptors (Lipinski definition) is 4. The van der Waals surface area contributed by atoms with Gasteiger partial charge in [-0.3, -0.25) is 9.78 Å². The van der Waals surface area contributed by atoms with Crippen LogP contribution in [0.3, 0.4) is 0 Å². The number of halogens is 3. The van der Waals surface area contributed by atoms with Gasteiger partial charge in [-0.1, -0.05) is 0 Å². The Labute approximate surface area is 135 Å². The fraction of sp³-hybridized carbons (Fsp3) is 0.267. The van der Waals surface area contributed by atoms with Crippen molar-refractivity contribution in [3.63, 3.8) is 0 Å². The topological polar surface area (TPSA) is 46.1 Å². The Morgan fingerprint density at radius 1 is 1.22 bits per heavy atom. The molecular formula is C15H14F3N3OS. The lowest BCUT2D eigenvalue weighted by Crippen LogP contribution is -2.29. The van der Waals surface area contributed by atoms with Crippen molar-refractivity contribution in [2.45, 2.75) is 17.0 Å². The molecule has 0 fully saturated rings. The Kier molecular flexibility index (Phi) is 5.59. The molecule has 2 heterocycles. The molecule has 0 aliphatic carbocycles. The molecule has 0 saturated carbocycles. The largest absolute Gasteiger partial charge is 0.447 e. The highest BCUT2D eigenvalue weighted by Gasteiger charge is 2.32. The van der Waals surface area contributed by atoms with Gasteiger partial charge in [-0.05, 0) is 36.2 Å². The molecule has 23 heavy (non-hydrogen) atoms. The predicted octanol–water partition coefficient (Wildman–Crippen LogP) is 3.40. The molecule has 0 aliphatic rings. The van der Waals surface area contributed by atoms with Crippen molar-refractivity contribution in [3.05, 3.63) is 54.0 Å². The maximum absolute atomic E-state index is 12.5. The Morgan fingerprint density at radius 3 is 2.57 bits per heavy atom. The van der Waals surface area contributed by atoms with Crippen molar-refractivity contribution in [1.82, 2.24) is 14.9 Å². The van der Waals surface area contributed by atoms with Crippen LogP contribution in [0.1, 0.15) is 15.9 Å². The smallest absolute Gasteiger partial charge is 0.341 e. The lowest BCUT2D eigenvalue weighted by molar-refractivity contribution is -0.0329. The maximum Gasteiger partial charge on any atom is 0.447 e. The lowest BCUT2D eigenvalue weighted by atomic mass is 10.2. The fourth-order valence-corrected chi connectivity index (χ4v) is 2.50. The number of likely N-dealkylation sites (N-methyl/N-ethyl adjacent to an activating group) is 1. The number of carbonyl (C=O) groups is 1. The number of rotatable bonds is 5. The number of alkyl halides is 3. The van der Waals surface area contributed by atoms with Crippen molar-refractivity contribution in [2.24, 2.45) is 0 Å². The third-order valence-corrected chi connectivity index (χ3v) is 3.80. The monoisotopic (exact) mass is 341 g/mol. The van der Waals surface area contributed by atoms with Crippen molar-refractivity contribution >= 4 is 17.7 Å². The number of carbonyl (C=O) groups excluding carboxylic acids is 1. The van der Waals surface area contributed by atoms with E-state index in [1.165, 1.54) is 23.2 Å². The normalized spacial score (nSPS) is 11.3. The van der Waals surface area contributed by atoms with E-state index < -0.39 is 11.4 Å². The first-order valence-electron chi connectivity index (χ1n) is 6.72. The minimum absolute atomic E-state index is 0.0490. The van der Waals surface area contributed by atoms with Crippen LogP contribution in [0.15, 0.2) is 47.9 Å². The quantitative estimate of drug-likeness (QED) is 0.782. The summed E-state index contributed by atoms with van der Waals surface area (Å²) in [5, 5.41) is -0.333. The van der Waals surface area contributed by atoms with Crippen molar-refractivity contribution < 1.29 is 18.0 Å². The van der Waals surface area contributed by atoms with Gasteiger partial charge in [-0.15, -0.1) is 0 Å². The van der Waals surface area contributed by atoms with Gasteiger partial charge in [0.1, 0.15) is 5.03 Å². The number of pyridine rings is 2. The second-order valence-electron chi connectivity index (χ2n) is 4.74. The standard InChI is InChI=1S/C15H14F3N3OS/c1-21(10-6-11-4-8-19-9-5-11)14(22)12-3-2-7-20-13(12)23-15(16,17)18/h2-5,7-9H,6,10H2,1H3. The summed E-state index contributed by atoms with van der Waals surface area (Å²) in [6, 6.07) is 6.46. The Balaban J connectivity index is 2.07. The maximum atomic E-state index is 12.5. The van der Waals surface area contributed by atoms with E-state index in [9.17, 15) is 18.0 Å². The highest BCUT2D eigenvalue weighted by molar-refractivity contribution is 8.00. The number of thioether (sulfide) groups is 1. The van der Waals surface area contributed by atoms with E-state index in [-0.39, 0.29) is 22.4 Å². The van der Waals surface area contributed by atoms with Gasteiger partial charge in [0, 0.05) is 43.9 Å². The van der Waals surface area contributed by atoms with Gasteiger partial charge in [0.05, 0.1) is 5.56 Å². The first kappa shape index (κ1) is 17.3. The lowest BCUT2D eigenvalue weighted by Gasteiger charge is -2.18. The second kappa shape index (κ2) is 7.45. The van der Waals surface area contributed by atoms with E-state index in [1.54, 1.807) is 19.4 Å². The Hall–Kier alpha value is -2.09.